The number of benzene rings is 1. The fourth-order valence-electron chi connectivity index (χ4n) is 2.63. The molecule has 0 amide bonds. The normalized spacial score (nSPS) is 34.2. The Bertz CT molecular complexity index is 313. The second kappa shape index (κ2) is 2.36. The van der Waals surface area contributed by atoms with Gasteiger partial charge in [0.1, 0.15) is 0 Å². The smallest absolute Gasteiger partial charge is 0.00798 e. The molecule has 1 heteroatoms. The minimum absolute atomic E-state index is 0.489. The van der Waals surface area contributed by atoms with Crippen LogP contribution in [-0.4, -0.2) is 6.04 Å². The summed E-state index contributed by atoms with van der Waals surface area (Å²) in [6, 6.07) is 11.4. The lowest BCUT2D eigenvalue weighted by atomic mass is 9.90. The van der Waals surface area contributed by atoms with Gasteiger partial charge in [0.25, 0.3) is 0 Å². The molecule has 2 N–H and O–H groups in total. The highest BCUT2D eigenvalue weighted by molar-refractivity contribution is 5.35. The SMILES string of the molecule is N[C@@H]1C[C@H]1C1(c2ccccc2)CC1. The van der Waals surface area contributed by atoms with Crippen molar-refractivity contribution in [3.63, 3.8) is 0 Å². The molecule has 2 fully saturated rings. The van der Waals surface area contributed by atoms with E-state index < -0.39 is 0 Å². The molecule has 3 rings (SSSR count). The third-order valence-electron chi connectivity index (χ3n) is 3.69. The molecule has 2 saturated carbocycles. The van der Waals surface area contributed by atoms with E-state index in [1.807, 2.05) is 0 Å². The highest BCUT2D eigenvalue weighted by Crippen LogP contribution is 2.61. The molecule has 0 heterocycles. The van der Waals surface area contributed by atoms with Crippen LogP contribution in [0.3, 0.4) is 0 Å². The quantitative estimate of drug-likeness (QED) is 0.728. The van der Waals surface area contributed by atoms with E-state index in [4.69, 9.17) is 5.73 Å². The Morgan fingerprint density at radius 3 is 2.23 bits per heavy atom. The van der Waals surface area contributed by atoms with Gasteiger partial charge >= 0.3 is 0 Å². The van der Waals surface area contributed by atoms with Gasteiger partial charge in [-0.25, -0.2) is 0 Å². The molecule has 68 valence electrons. The minimum Gasteiger partial charge on any atom is -0.327 e. The van der Waals surface area contributed by atoms with Gasteiger partial charge in [0.15, 0.2) is 0 Å². The number of rotatable bonds is 2. The van der Waals surface area contributed by atoms with Gasteiger partial charge in [0.2, 0.25) is 0 Å². The van der Waals surface area contributed by atoms with E-state index in [1.54, 1.807) is 0 Å². The molecule has 0 radical (unpaired) electrons. The van der Waals surface area contributed by atoms with Gasteiger partial charge in [-0.05, 0) is 36.2 Å². The van der Waals surface area contributed by atoms with Gasteiger partial charge in [-0.2, -0.15) is 0 Å². The van der Waals surface area contributed by atoms with Crippen molar-refractivity contribution in [2.45, 2.75) is 30.7 Å². The lowest BCUT2D eigenvalue weighted by molar-refractivity contribution is 0.578. The van der Waals surface area contributed by atoms with Crippen LogP contribution in [0.4, 0.5) is 0 Å². The zero-order chi connectivity index (χ0) is 8.89. The summed E-state index contributed by atoms with van der Waals surface area (Å²) in [5, 5.41) is 0. The summed E-state index contributed by atoms with van der Waals surface area (Å²) in [7, 11) is 0. The third-order valence-corrected chi connectivity index (χ3v) is 3.69. The Kier molecular flexibility index (Phi) is 1.37. The lowest BCUT2D eigenvalue weighted by Crippen LogP contribution is -2.15. The van der Waals surface area contributed by atoms with Gasteiger partial charge in [-0.1, -0.05) is 30.3 Å². The first-order valence-corrected chi connectivity index (χ1v) is 5.14. The van der Waals surface area contributed by atoms with Crippen molar-refractivity contribution in [2.75, 3.05) is 0 Å². The van der Waals surface area contributed by atoms with E-state index in [2.05, 4.69) is 30.3 Å². The second-order valence-electron chi connectivity index (χ2n) is 4.53. The summed E-state index contributed by atoms with van der Waals surface area (Å²) in [4.78, 5) is 0. The first-order chi connectivity index (χ1) is 6.33. The lowest BCUT2D eigenvalue weighted by Gasteiger charge is -2.14. The van der Waals surface area contributed by atoms with Crippen molar-refractivity contribution in [1.82, 2.24) is 0 Å². The van der Waals surface area contributed by atoms with E-state index in [0.717, 1.165) is 5.92 Å². The molecule has 0 aromatic heterocycles. The van der Waals surface area contributed by atoms with E-state index in [1.165, 1.54) is 24.8 Å². The fraction of sp³-hybridized carbons (Fsp3) is 0.500. The molecule has 0 spiro atoms. The maximum Gasteiger partial charge on any atom is 0.00798 e. The van der Waals surface area contributed by atoms with Crippen LogP contribution in [0.25, 0.3) is 0 Å². The molecule has 1 aromatic carbocycles. The van der Waals surface area contributed by atoms with Crippen molar-refractivity contribution in [3.8, 4) is 0 Å². The van der Waals surface area contributed by atoms with Crippen LogP contribution in [0.2, 0.25) is 0 Å². The van der Waals surface area contributed by atoms with Crippen LogP contribution in [-0.2, 0) is 5.41 Å². The molecular weight excluding hydrogens is 158 g/mol. The Morgan fingerprint density at radius 1 is 1.15 bits per heavy atom. The molecular formula is C12H15N. The Balaban J connectivity index is 1.93. The fourth-order valence-corrected chi connectivity index (χ4v) is 2.63. The van der Waals surface area contributed by atoms with E-state index >= 15 is 0 Å². The van der Waals surface area contributed by atoms with Crippen molar-refractivity contribution < 1.29 is 0 Å². The van der Waals surface area contributed by atoms with Crippen LogP contribution in [0.1, 0.15) is 24.8 Å². The third kappa shape index (κ3) is 1.03. The Morgan fingerprint density at radius 2 is 1.77 bits per heavy atom. The average molecular weight is 173 g/mol. The van der Waals surface area contributed by atoms with E-state index in [-0.39, 0.29) is 0 Å². The number of nitrogens with two attached hydrogens (primary N) is 1. The molecule has 1 aromatic rings. The first-order valence-electron chi connectivity index (χ1n) is 5.14. The van der Waals surface area contributed by atoms with Crippen LogP contribution in [0.15, 0.2) is 30.3 Å². The Hall–Kier alpha value is -0.820. The monoisotopic (exact) mass is 173 g/mol. The van der Waals surface area contributed by atoms with Crippen LogP contribution in [0.5, 0.6) is 0 Å². The van der Waals surface area contributed by atoms with Crippen molar-refractivity contribution in [1.29, 1.82) is 0 Å². The largest absolute Gasteiger partial charge is 0.327 e. The van der Waals surface area contributed by atoms with E-state index in [9.17, 15) is 0 Å². The predicted octanol–water partition coefficient (Wildman–Crippen LogP) is 2.07. The molecule has 13 heavy (non-hydrogen) atoms. The highest BCUT2D eigenvalue weighted by atomic mass is 14.8. The van der Waals surface area contributed by atoms with Crippen molar-refractivity contribution in [2.24, 2.45) is 11.7 Å². The molecule has 1 nitrogen and oxygen atoms in total. The van der Waals surface area contributed by atoms with Crippen molar-refractivity contribution >= 4 is 0 Å². The summed E-state index contributed by atoms with van der Waals surface area (Å²) in [6.07, 6.45) is 3.96. The topological polar surface area (TPSA) is 26.0 Å². The highest BCUT2D eigenvalue weighted by Gasteiger charge is 2.58. The van der Waals surface area contributed by atoms with Crippen molar-refractivity contribution in [3.05, 3.63) is 35.9 Å². The summed E-state index contributed by atoms with van der Waals surface area (Å²) < 4.78 is 0. The van der Waals surface area contributed by atoms with Gasteiger partial charge in [0.05, 0.1) is 0 Å². The minimum atomic E-state index is 0.489. The van der Waals surface area contributed by atoms with Gasteiger partial charge in [-0.3, -0.25) is 0 Å². The van der Waals surface area contributed by atoms with Gasteiger partial charge in [0, 0.05) is 6.04 Å². The van der Waals surface area contributed by atoms with Gasteiger partial charge < -0.3 is 5.73 Å². The summed E-state index contributed by atoms with van der Waals surface area (Å²) >= 11 is 0. The zero-order valence-corrected chi connectivity index (χ0v) is 7.74. The Labute approximate surface area is 78.9 Å². The van der Waals surface area contributed by atoms with Crippen LogP contribution in [0, 0.1) is 5.92 Å². The predicted molar refractivity (Wildman–Crippen MR) is 53.4 cm³/mol. The molecule has 0 saturated heterocycles. The molecule has 2 aliphatic rings. The zero-order valence-electron chi connectivity index (χ0n) is 7.74. The summed E-state index contributed by atoms with van der Waals surface area (Å²) in [6.45, 7) is 0. The maximum absolute atomic E-state index is 5.93. The molecule has 2 atom stereocenters. The first kappa shape index (κ1) is 7.57. The summed E-state index contributed by atoms with van der Waals surface area (Å²) in [5.41, 5.74) is 7.95. The summed E-state index contributed by atoms with van der Waals surface area (Å²) in [5.74, 6) is 0.787. The molecule has 0 unspecified atom stereocenters. The van der Waals surface area contributed by atoms with E-state index in [0.29, 0.717) is 11.5 Å². The van der Waals surface area contributed by atoms with Crippen LogP contribution < -0.4 is 5.73 Å². The van der Waals surface area contributed by atoms with Crippen LogP contribution >= 0.6 is 0 Å². The molecule has 2 aliphatic carbocycles. The number of hydrogen-bond donors (Lipinski definition) is 1. The maximum atomic E-state index is 5.93. The van der Waals surface area contributed by atoms with Gasteiger partial charge in [-0.15, -0.1) is 0 Å². The standard InChI is InChI=1S/C12H15N/c13-11-8-10(11)12(6-7-12)9-4-2-1-3-5-9/h1-5,10-11H,6-8,13H2/t10-,11-/m1/s1. The second-order valence-corrected chi connectivity index (χ2v) is 4.53. The average Bonchev–Trinajstić information content (AvgIpc) is 3.02. The molecule has 0 bridgehead atoms. The molecule has 0 aliphatic heterocycles. The number of hydrogen-bond acceptors (Lipinski definition) is 1.